The third kappa shape index (κ3) is 4.40. The van der Waals surface area contributed by atoms with Crippen molar-refractivity contribution in [3.05, 3.63) is 29.8 Å². The van der Waals surface area contributed by atoms with Gasteiger partial charge in [-0.3, -0.25) is 4.79 Å². The van der Waals surface area contributed by atoms with Gasteiger partial charge in [0.05, 0.1) is 0 Å². The molecule has 2 atom stereocenters. The zero-order valence-corrected chi connectivity index (χ0v) is 11.0. The molecule has 0 amide bonds. The van der Waals surface area contributed by atoms with Crippen molar-refractivity contribution in [3.8, 4) is 0 Å². The van der Waals surface area contributed by atoms with Crippen molar-refractivity contribution < 1.29 is 9.90 Å². The summed E-state index contributed by atoms with van der Waals surface area (Å²) in [6.45, 7) is 3.93. The van der Waals surface area contributed by atoms with Gasteiger partial charge in [-0.1, -0.05) is 25.5 Å². The Bertz CT molecular complexity index is 362. The first-order chi connectivity index (χ1) is 8.04. The summed E-state index contributed by atoms with van der Waals surface area (Å²) in [5, 5.41) is 8.71. The van der Waals surface area contributed by atoms with Crippen molar-refractivity contribution in [3.63, 3.8) is 0 Å². The maximum atomic E-state index is 11.0. The number of carbonyl (C=O) groups is 1. The van der Waals surface area contributed by atoms with Crippen molar-refractivity contribution in [2.75, 3.05) is 0 Å². The fourth-order valence-corrected chi connectivity index (χ4v) is 2.59. The lowest BCUT2D eigenvalue weighted by molar-refractivity contribution is -0.136. The number of carboxylic acid groups (broad SMARTS) is 1. The van der Waals surface area contributed by atoms with E-state index in [4.69, 9.17) is 10.8 Å². The smallest absolute Gasteiger partial charge is 0.316 e. The van der Waals surface area contributed by atoms with Crippen LogP contribution in [0.25, 0.3) is 0 Å². The first-order valence-electron chi connectivity index (χ1n) is 5.79. The van der Waals surface area contributed by atoms with Gasteiger partial charge in [-0.15, -0.1) is 11.8 Å². The summed E-state index contributed by atoms with van der Waals surface area (Å²) in [4.78, 5) is 12.0. The molecule has 0 bridgehead atoms. The fraction of sp³-hybridized carbons (Fsp3) is 0.462. The number of nitrogens with two attached hydrogens (primary N) is 1. The lowest BCUT2D eigenvalue weighted by Crippen LogP contribution is -2.15. The van der Waals surface area contributed by atoms with Gasteiger partial charge in [-0.25, -0.2) is 0 Å². The number of aliphatic carboxylic acids is 1. The average Bonchev–Trinajstić information content (AvgIpc) is 2.29. The number of hydrogen-bond donors (Lipinski definition) is 2. The zero-order valence-electron chi connectivity index (χ0n) is 10.2. The molecule has 0 saturated carbocycles. The zero-order chi connectivity index (χ0) is 12.8. The summed E-state index contributed by atoms with van der Waals surface area (Å²) >= 11 is 1.40. The molecule has 3 N–H and O–H groups in total. The number of carboxylic acids is 1. The third-order valence-electron chi connectivity index (χ3n) is 2.51. The Balaban J connectivity index is 2.70. The Kier molecular flexibility index (Phi) is 5.51. The van der Waals surface area contributed by atoms with E-state index in [0.717, 1.165) is 16.9 Å². The van der Waals surface area contributed by atoms with Gasteiger partial charge < -0.3 is 10.8 Å². The normalized spacial score (nSPS) is 14.3. The molecule has 2 unspecified atom stereocenters. The van der Waals surface area contributed by atoms with Gasteiger partial charge in [0.15, 0.2) is 0 Å². The number of thioether (sulfide) groups is 1. The average molecular weight is 253 g/mol. The van der Waals surface area contributed by atoms with E-state index in [2.05, 4.69) is 0 Å². The van der Waals surface area contributed by atoms with Crippen LogP contribution in [0.15, 0.2) is 29.2 Å². The Morgan fingerprint density at radius 1 is 1.41 bits per heavy atom. The van der Waals surface area contributed by atoms with Crippen LogP contribution in [-0.2, 0) is 4.79 Å². The molecule has 1 aromatic rings. The molecule has 0 radical (unpaired) electrons. The summed E-state index contributed by atoms with van der Waals surface area (Å²) < 4.78 is 0. The lowest BCUT2D eigenvalue weighted by Gasteiger charge is -2.11. The molecule has 0 saturated heterocycles. The van der Waals surface area contributed by atoms with Gasteiger partial charge >= 0.3 is 5.97 Å². The highest BCUT2D eigenvalue weighted by Gasteiger charge is 2.17. The highest BCUT2D eigenvalue weighted by Crippen LogP contribution is 2.27. The second-order valence-electron chi connectivity index (χ2n) is 4.09. The van der Waals surface area contributed by atoms with Gasteiger partial charge in [-0.05, 0) is 31.0 Å². The highest BCUT2D eigenvalue weighted by molar-refractivity contribution is 8.00. The van der Waals surface area contributed by atoms with Gasteiger partial charge in [-0.2, -0.15) is 0 Å². The predicted molar refractivity (Wildman–Crippen MR) is 71.2 cm³/mol. The van der Waals surface area contributed by atoms with Crippen LogP contribution in [-0.4, -0.2) is 16.3 Å². The predicted octanol–water partition coefficient (Wildman–Crippen LogP) is 3.05. The maximum Gasteiger partial charge on any atom is 0.316 e. The summed E-state index contributed by atoms with van der Waals surface area (Å²) in [7, 11) is 0. The van der Waals surface area contributed by atoms with Gasteiger partial charge in [0.25, 0.3) is 0 Å². The Morgan fingerprint density at radius 2 is 2.00 bits per heavy atom. The van der Waals surface area contributed by atoms with E-state index >= 15 is 0 Å². The number of benzene rings is 1. The van der Waals surface area contributed by atoms with Crippen molar-refractivity contribution in [2.45, 2.75) is 42.9 Å². The van der Waals surface area contributed by atoms with Crippen molar-refractivity contribution >= 4 is 17.7 Å². The maximum absolute atomic E-state index is 11.0. The quantitative estimate of drug-likeness (QED) is 0.765. The van der Waals surface area contributed by atoms with Crippen LogP contribution < -0.4 is 5.73 Å². The van der Waals surface area contributed by atoms with Crippen LogP contribution in [0.2, 0.25) is 0 Å². The Labute approximate surface area is 106 Å². The monoisotopic (exact) mass is 253 g/mol. The van der Waals surface area contributed by atoms with Crippen LogP contribution >= 0.6 is 11.8 Å². The molecule has 0 aliphatic rings. The second kappa shape index (κ2) is 6.67. The lowest BCUT2D eigenvalue weighted by atomic mass is 10.1. The first kappa shape index (κ1) is 14.1. The molecular formula is C13H19NO2S. The molecule has 3 nitrogen and oxygen atoms in total. The molecule has 0 aliphatic heterocycles. The van der Waals surface area contributed by atoms with Crippen molar-refractivity contribution in [1.29, 1.82) is 0 Å². The fourth-order valence-electron chi connectivity index (χ4n) is 1.51. The van der Waals surface area contributed by atoms with Gasteiger partial charge in [0, 0.05) is 10.9 Å². The summed E-state index contributed by atoms with van der Waals surface area (Å²) in [6.07, 6.45) is 1.57. The minimum atomic E-state index is -0.742. The van der Waals surface area contributed by atoms with E-state index in [1.54, 1.807) is 0 Å². The van der Waals surface area contributed by atoms with E-state index in [1.807, 2.05) is 38.1 Å². The van der Waals surface area contributed by atoms with Gasteiger partial charge in [0.1, 0.15) is 5.25 Å². The van der Waals surface area contributed by atoms with Crippen LogP contribution in [0.1, 0.15) is 38.3 Å². The third-order valence-corrected chi connectivity index (χ3v) is 3.78. The molecule has 94 valence electrons. The Morgan fingerprint density at radius 3 is 2.41 bits per heavy atom. The number of hydrogen-bond acceptors (Lipinski definition) is 3. The summed E-state index contributed by atoms with van der Waals surface area (Å²) in [5.74, 6) is -0.742. The van der Waals surface area contributed by atoms with E-state index in [0.29, 0.717) is 6.42 Å². The molecule has 4 heteroatoms. The molecule has 1 aromatic carbocycles. The van der Waals surface area contributed by atoms with Crippen LogP contribution in [0.4, 0.5) is 0 Å². The molecule has 0 spiro atoms. The van der Waals surface area contributed by atoms with Crippen LogP contribution in [0, 0.1) is 0 Å². The van der Waals surface area contributed by atoms with Crippen molar-refractivity contribution in [1.82, 2.24) is 0 Å². The minimum Gasteiger partial charge on any atom is -0.480 e. The SMILES string of the molecule is CCCC(Sc1ccc(C(C)N)cc1)C(=O)O. The van der Waals surface area contributed by atoms with Crippen molar-refractivity contribution in [2.24, 2.45) is 5.73 Å². The topological polar surface area (TPSA) is 63.3 Å². The van der Waals surface area contributed by atoms with Crippen LogP contribution in [0.5, 0.6) is 0 Å². The molecule has 0 aliphatic carbocycles. The molecular weight excluding hydrogens is 234 g/mol. The number of rotatable bonds is 6. The van der Waals surface area contributed by atoms with Crippen LogP contribution in [0.3, 0.4) is 0 Å². The van der Waals surface area contributed by atoms with E-state index in [-0.39, 0.29) is 11.3 Å². The molecule has 0 heterocycles. The van der Waals surface area contributed by atoms with E-state index < -0.39 is 5.97 Å². The Hall–Kier alpha value is -1.00. The second-order valence-corrected chi connectivity index (χ2v) is 5.37. The molecule has 0 fully saturated rings. The van der Waals surface area contributed by atoms with Gasteiger partial charge in [0.2, 0.25) is 0 Å². The molecule has 1 rings (SSSR count). The summed E-state index contributed by atoms with van der Waals surface area (Å²) in [6, 6.07) is 7.81. The van der Waals surface area contributed by atoms with E-state index in [9.17, 15) is 4.79 Å². The summed E-state index contributed by atoms with van der Waals surface area (Å²) in [5.41, 5.74) is 6.83. The van der Waals surface area contributed by atoms with E-state index in [1.165, 1.54) is 11.8 Å². The standard InChI is InChI=1S/C13H19NO2S/c1-3-4-12(13(15)16)17-11-7-5-10(6-8-11)9(2)14/h5-9,12H,3-4,14H2,1-2H3,(H,15,16). The highest BCUT2D eigenvalue weighted by atomic mass is 32.2. The molecule has 0 aromatic heterocycles. The first-order valence-corrected chi connectivity index (χ1v) is 6.67. The largest absolute Gasteiger partial charge is 0.480 e. The molecule has 17 heavy (non-hydrogen) atoms. The minimum absolute atomic E-state index is 0.0139.